The van der Waals surface area contributed by atoms with Crippen LogP contribution in [-0.4, -0.2) is 49.1 Å². The zero-order chi connectivity index (χ0) is 20.5. The maximum absolute atomic E-state index is 5.65. The van der Waals surface area contributed by atoms with E-state index in [0.717, 1.165) is 49.1 Å². The number of hydrogen-bond donors (Lipinski definition) is 2. The molecule has 1 fully saturated rings. The van der Waals surface area contributed by atoms with Gasteiger partial charge in [0.05, 0.1) is 25.4 Å². The summed E-state index contributed by atoms with van der Waals surface area (Å²) < 4.78 is 5.65. The summed E-state index contributed by atoms with van der Waals surface area (Å²) in [4.78, 5) is 11.8. The van der Waals surface area contributed by atoms with Crippen molar-refractivity contribution in [3.8, 4) is 5.75 Å². The van der Waals surface area contributed by atoms with Crippen molar-refractivity contribution in [2.75, 3.05) is 33.3 Å². The summed E-state index contributed by atoms with van der Waals surface area (Å²) in [7, 11) is 1.74. The van der Waals surface area contributed by atoms with Crippen LogP contribution in [0.1, 0.15) is 42.6 Å². The number of para-hydroxylation sites is 1. The SMILES string of the molecule is CCNC(=NCc1ncccc1C)NCC(c1ccccc1OC)N1CCCC1.I. The van der Waals surface area contributed by atoms with Crippen molar-refractivity contribution in [2.45, 2.75) is 39.3 Å². The minimum atomic E-state index is 0. The van der Waals surface area contributed by atoms with E-state index in [1.54, 1.807) is 7.11 Å². The Kier molecular flexibility index (Phi) is 10.4. The second-order valence-electron chi connectivity index (χ2n) is 7.34. The van der Waals surface area contributed by atoms with E-state index in [1.807, 2.05) is 24.4 Å². The molecule has 1 atom stereocenters. The van der Waals surface area contributed by atoms with Gasteiger partial charge in [-0.2, -0.15) is 0 Å². The molecular weight excluding hydrogens is 489 g/mol. The number of benzene rings is 1. The van der Waals surface area contributed by atoms with E-state index in [2.05, 4.69) is 52.6 Å². The molecule has 0 saturated carbocycles. The summed E-state index contributed by atoms with van der Waals surface area (Å²) in [5.74, 6) is 1.76. The molecule has 30 heavy (non-hydrogen) atoms. The summed E-state index contributed by atoms with van der Waals surface area (Å²) in [6.07, 6.45) is 4.32. The van der Waals surface area contributed by atoms with Gasteiger partial charge >= 0.3 is 0 Å². The third-order valence-electron chi connectivity index (χ3n) is 5.39. The number of ether oxygens (including phenoxy) is 1. The first-order chi connectivity index (χ1) is 14.2. The minimum Gasteiger partial charge on any atom is -0.496 e. The Hall–Kier alpha value is -1.87. The molecule has 1 aliphatic heterocycles. The molecule has 1 aromatic carbocycles. The highest BCUT2D eigenvalue weighted by molar-refractivity contribution is 14.0. The molecule has 1 unspecified atom stereocenters. The number of aromatic nitrogens is 1. The van der Waals surface area contributed by atoms with E-state index in [1.165, 1.54) is 18.4 Å². The van der Waals surface area contributed by atoms with Crippen LogP contribution in [0.3, 0.4) is 0 Å². The molecule has 0 amide bonds. The monoisotopic (exact) mass is 523 g/mol. The number of aliphatic imine (C=N–C) groups is 1. The van der Waals surface area contributed by atoms with Crippen LogP contribution in [0.25, 0.3) is 0 Å². The normalized spacial score (nSPS) is 15.4. The predicted octanol–water partition coefficient (Wildman–Crippen LogP) is 3.91. The van der Waals surface area contributed by atoms with Crippen LogP contribution in [0.4, 0.5) is 0 Å². The van der Waals surface area contributed by atoms with Gasteiger partial charge in [0.25, 0.3) is 0 Å². The lowest BCUT2D eigenvalue weighted by molar-refractivity contribution is 0.239. The fraction of sp³-hybridized carbons (Fsp3) is 0.478. The standard InChI is InChI=1S/C23H33N5O.HI/c1-4-24-23(26-16-20-18(2)10-9-13-25-20)27-17-21(28-14-7-8-15-28)19-11-5-6-12-22(19)29-3;/h5-6,9-13,21H,4,7-8,14-17H2,1-3H3,(H2,24,26,27);1H. The molecule has 1 aliphatic rings. The minimum absolute atomic E-state index is 0. The number of hydrogen-bond acceptors (Lipinski definition) is 4. The van der Waals surface area contributed by atoms with Crippen molar-refractivity contribution in [2.24, 2.45) is 4.99 Å². The van der Waals surface area contributed by atoms with Gasteiger partial charge in [-0.25, -0.2) is 4.99 Å². The molecule has 3 rings (SSSR count). The van der Waals surface area contributed by atoms with Crippen molar-refractivity contribution in [1.29, 1.82) is 0 Å². The zero-order valence-corrected chi connectivity index (χ0v) is 20.6. The molecular formula is C23H34IN5O. The molecule has 0 radical (unpaired) electrons. The van der Waals surface area contributed by atoms with Gasteiger partial charge < -0.3 is 15.4 Å². The Morgan fingerprint density at radius 2 is 1.93 bits per heavy atom. The van der Waals surface area contributed by atoms with Crippen LogP contribution in [-0.2, 0) is 6.54 Å². The van der Waals surface area contributed by atoms with Crippen molar-refractivity contribution in [1.82, 2.24) is 20.5 Å². The van der Waals surface area contributed by atoms with E-state index in [0.29, 0.717) is 6.54 Å². The van der Waals surface area contributed by atoms with Gasteiger partial charge in [-0.1, -0.05) is 24.3 Å². The Morgan fingerprint density at radius 1 is 1.17 bits per heavy atom. The molecule has 1 aromatic heterocycles. The lowest BCUT2D eigenvalue weighted by Gasteiger charge is -2.30. The molecule has 2 heterocycles. The Morgan fingerprint density at radius 3 is 2.63 bits per heavy atom. The molecule has 1 saturated heterocycles. The van der Waals surface area contributed by atoms with Gasteiger partial charge in [-0.3, -0.25) is 9.88 Å². The predicted molar refractivity (Wildman–Crippen MR) is 134 cm³/mol. The molecule has 6 nitrogen and oxygen atoms in total. The molecule has 0 bridgehead atoms. The van der Waals surface area contributed by atoms with Gasteiger partial charge in [0, 0.05) is 24.8 Å². The number of halogens is 1. The van der Waals surface area contributed by atoms with Crippen LogP contribution in [0.2, 0.25) is 0 Å². The van der Waals surface area contributed by atoms with E-state index in [4.69, 9.17) is 9.73 Å². The highest BCUT2D eigenvalue weighted by atomic mass is 127. The smallest absolute Gasteiger partial charge is 0.191 e. The van der Waals surface area contributed by atoms with Crippen molar-refractivity contribution in [3.05, 3.63) is 59.4 Å². The number of guanidine groups is 1. The van der Waals surface area contributed by atoms with Crippen LogP contribution in [0.5, 0.6) is 5.75 Å². The van der Waals surface area contributed by atoms with Crippen LogP contribution in [0, 0.1) is 6.92 Å². The zero-order valence-electron chi connectivity index (χ0n) is 18.2. The molecule has 2 N–H and O–H groups in total. The number of nitrogens with zero attached hydrogens (tertiary/aromatic N) is 3. The second-order valence-corrected chi connectivity index (χ2v) is 7.34. The molecule has 164 valence electrons. The van der Waals surface area contributed by atoms with Crippen LogP contribution in [0.15, 0.2) is 47.6 Å². The number of methoxy groups -OCH3 is 1. The third-order valence-corrected chi connectivity index (χ3v) is 5.39. The van der Waals surface area contributed by atoms with Crippen molar-refractivity contribution in [3.63, 3.8) is 0 Å². The van der Waals surface area contributed by atoms with Gasteiger partial charge in [0.2, 0.25) is 0 Å². The fourth-order valence-electron chi connectivity index (χ4n) is 3.80. The summed E-state index contributed by atoms with van der Waals surface area (Å²) in [5, 5.41) is 6.91. The highest BCUT2D eigenvalue weighted by Crippen LogP contribution is 2.31. The van der Waals surface area contributed by atoms with E-state index < -0.39 is 0 Å². The van der Waals surface area contributed by atoms with Crippen molar-refractivity contribution < 1.29 is 4.74 Å². The summed E-state index contributed by atoms with van der Waals surface area (Å²) in [6, 6.07) is 12.6. The number of likely N-dealkylation sites (tertiary alicyclic amines) is 1. The number of rotatable bonds is 8. The largest absolute Gasteiger partial charge is 0.496 e. The molecule has 0 aliphatic carbocycles. The topological polar surface area (TPSA) is 61.8 Å². The lowest BCUT2D eigenvalue weighted by atomic mass is 10.0. The molecule has 2 aromatic rings. The van der Waals surface area contributed by atoms with E-state index >= 15 is 0 Å². The number of aryl methyl sites for hydroxylation is 1. The second kappa shape index (κ2) is 12.7. The Bertz CT molecular complexity index is 808. The molecule has 0 spiro atoms. The van der Waals surface area contributed by atoms with Crippen molar-refractivity contribution >= 4 is 29.9 Å². The van der Waals surface area contributed by atoms with Gasteiger partial charge in [-0.05, 0) is 57.5 Å². The van der Waals surface area contributed by atoms with Gasteiger partial charge in [0.1, 0.15) is 5.75 Å². The summed E-state index contributed by atoms with van der Waals surface area (Å²) in [5.41, 5.74) is 3.39. The van der Waals surface area contributed by atoms with E-state index in [9.17, 15) is 0 Å². The highest BCUT2D eigenvalue weighted by Gasteiger charge is 2.26. The third kappa shape index (κ3) is 6.57. The lowest BCUT2D eigenvalue weighted by Crippen LogP contribution is -2.42. The van der Waals surface area contributed by atoms with Crippen LogP contribution >= 0.6 is 24.0 Å². The van der Waals surface area contributed by atoms with Crippen LogP contribution < -0.4 is 15.4 Å². The first-order valence-electron chi connectivity index (χ1n) is 10.5. The average molecular weight is 523 g/mol. The first kappa shape index (κ1) is 24.4. The quantitative estimate of drug-likeness (QED) is 0.312. The fourth-order valence-corrected chi connectivity index (χ4v) is 3.80. The average Bonchev–Trinajstić information content (AvgIpc) is 3.28. The van der Waals surface area contributed by atoms with E-state index in [-0.39, 0.29) is 30.0 Å². The van der Waals surface area contributed by atoms with Gasteiger partial charge in [0.15, 0.2) is 5.96 Å². The number of nitrogens with one attached hydrogen (secondary N) is 2. The summed E-state index contributed by atoms with van der Waals surface area (Å²) in [6.45, 7) is 8.54. The maximum Gasteiger partial charge on any atom is 0.191 e. The van der Waals surface area contributed by atoms with Gasteiger partial charge in [-0.15, -0.1) is 24.0 Å². The molecule has 7 heteroatoms. The Labute approximate surface area is 197 Å². The first-order valence-corrected chi connectivity index (χ1v) is 10.5. The Balaban J connectivity index is 0.00000320. The maximum atomic E-state index is 5.65. The number of pyridine rings is 1. The summed E-state index contributed by atoms with van der Waals surface area (Å²) >= 11 is 0.